The van der Waals surface area contributed by atoms with Gasteiger partial charge in [0.15, 0.2) is 0 Å². The predicted molar refractivity (Wildman–Crippen MR) is 84.0 cm³/mol. The summed E-state index contributed by atoms with van der Waals surface area (Å²) in [6.45, 7) is 2.78. The van der Waals surface area contributed by atoms with Gasteiger partial charge in [0.1, 0.15) is 5.82 Å². The van der Waals surface area contributed by atoms with Gasteiger partial charge in [0.05, 0.1) is 18.1 Å². The second-order valence-corrected chi connectivity index (χ2v) is 5.16. The molecule has 2 heterocycles. The van der Waals surface area contributed by atoms with E-state index in [4.69, 9.17) is 4.74 Å². The molecule has 0 radical (unpaired) electrons. The lowest BCUT2D eigenvalue weighted by molar-refractivity contribution is -0.384. The van der Waals surface area contributed by atoms with Crippen LogP contribution >= 0.6 is 0 Å². The normalized spacial score (nSPS) is 18.0. The first-order valence-electron chi connectivity index (χ1n) is 7.36. The van der Waals surface area contributed by atoms with Crippen molar-refractivity contribution in [1.82, 2.24) is 4.98 Å². The molecule has 0 unspecified atom stereocenters. The van der Waals surface area contributed by atoms with E-state index in [0.29, 0.717) is 13.2 Å². The molecule has 1 aliphatic heterocycles. The molecule has 0 saturated carbocycles. The van der Waals surface area contributed by atoms with Crippen LogP contribution in [0.5, 0.6) is 0 Å². The third-order valence-electron chi connectivity index (χ3n) is 3.65. The van der Waals surface area contributed by atoms with E-state index >= 15 is 0 Å². The molecular weight excluding hydrogens is 284 g/mol. The summed E-state index contributed by atoms with van der Waals surface area (Å²) in [4.78, 5) is 17.3. The molecule has 0 spiro atoms. The number of hydrogen-bond acceptors (Lipinski definition) is 6. The smallest absolute Gasteiger partial charge is 0.311 e. The molecule has 2 aliphatic rings. The van der Waals surface area contributed by atoms with Crippen LogP contribution in [0.15, 0.2) is 36.1 Å². The van der Waals surface area contributed by atoms with E-state index in [9.17, 15) is 10.1 Å². The number of allylic oxidation sites excluding steroid dienone is 3. The van der Waals surface area contributed by atoms with Crippen molar-refractivity contribution in [3.8, 4) is 0 Å². The number of nitrogens with zero attached hydrogens (tertiary/aromatic N) is 3. The number of pyridine rings is 1. The van der Waals surface area contributed by atoms with Gasteiger partial charge in [0.25, 0.3) is 0 Å². The molecule has 1 fully saturated rings. The number of ether oxygens (including phenoxy) is 1. The predicted octanol–water partition coefficient (Wildman–Crippen LogP) is 2.47. The number of nitro groups is 1. The molecule has 1 aromatic heterocycles. The fourth-order valence-corrected chi connectivity index (χ4v) is 2.49. The van der Waals surface area contributed by atoms with Gasteiger partial charge in [0, 0.05) is 24.9 Å². The summed E-state index contributed by atoms with van der Waals surface area (Å²) in [5.41, 5.74) is 0.831. The summed E-state index contributed by atoms with van der Waals surface area (Å²) in [6.07, 6.45) is 7.91. The maximum atomic E-state index is 11.2. The monoisotopic (exact) mass is 302 g/mol. The quantitative estimate of drug-likeness (QED) is 0.680. The van der Waals surface area contributed by atoms with Gasteiger partial charge in [-0.3, -0.25) is 10.1 Å². The Kier molecular flexibility index (Phi) is 4.34. The summed E-state index contributed by atoms with van der Waals surface area (Å²) < 4.78 is 5.32. The maximum Gasteiger partial charge on any atom is 0.311 e. The van der Waals surface area contributed by atoms with Crippen LogP contribution in [0.3, 0.4) is 0 Å². The van der Waals surface area contributed by atoms with E-state index < -0.39 is 4.92 Å². The minimum Gasteiger partial charge on any atom is -0.378 e. The van der Waals surface area contributed by atoms with Crippen molar-refractivity contribution in [2.75, 3.05) is 36.5 Å². The minimum absolute atomic E-state index is 0.0168. The number of nitrogens with one attached hydrogen (secondary N) is 1. The molecule has 1 saturated heterocycles. The van der Waals surface area contributed by atoms with Gasteiger partial charge in [-0.1, -0.05) is 12.2 Å². The second kappa shape index (κ2) is 6.57. The number of rotatable bonds is 4. The van der Waals surface area contributed by atoms with E-state index in [2.05, 4.69) is 15.2 Å². The summed E-state index contributed by atoms with van der Waals surface area (Å²) in [7, 11) is 0. The van der Waals surface area contributed by atoms with Crippen LogP contribution in [0.25, 0.3) is 0 Å². The zero-order valence-electron chi connectivity index (χ0n) is 12.2. The van der Waals surface area contributed by atoms with E-state index in [-0.39, 0.29) is 11.5 Å². The van der Waals surface area contributed by atoms with E-state index in [1.54, 1.807) is 6.07 Å². The number of anilines is 2. The molecule has 0 aromatic carbocycles. The Labute approximate surface area is 128 Å². The van der Waals surface area contributed by atoms with Crippen molar-refractivity contribution in [2.24, 2.45) is 0 Å². The highest BCUT2D eigenvalue weighted by atomic mass is 16.6. The Morgan fingerprint density at radius 1 is 1.27 bits per heavy atom. The topological polar surface area (TPSA) is 80.5 Å². The third kappa shape index (κ3) is 3.25. The highest BCUT2D eigenvalue weighted by molar-refractivity contribution is 5.64. The van der Waals surface area contributed by atoms with Crippen molar-refractivity contribution in [3.05, 3.63) is 46.2 Å². The third-order valence-corrected chi connectivity index (χ3v) is 3.65. The van der Waals surface area contributed by atoms with Gasteiger partial charge in [0.2, 0.25) is 5.82 Å². The van der Waals surface area contributed by atoms with Gasteiger partial charge in [-0.05, 0) is 25.0 Å². The Balaban J connectivity index is 1.88. The molecule has 0 atom stereocenters. The largest absolute Gasteiger partial charge is 0.378 e. The molecule has 1 aliphatic carbocycles. The van der Waals surface area contributed by atoms with E-state index in [0.717, 1.165) is 37.4 Å². The van der Waals surface area contributed by atoms with Gasteiger partial charge < -0.3 is 15.0 Å². The highest BCUT2D eigenvalue weighted by Gasteiger charge is 2.20. The molecule has 1 aromatic rings. The van der Waals surface area contributed by atoms with Crippen LogP contribution in [-0.2, 0) is 4.74 Å². The lowest BCUT2D eigenvalue weighted by Crippen LogP contribution is -2.36. The minimum atomic E-state index is -0.411. The van der Waals surface area contributed by atoms with Gasteiger partial charge >= 0.3 is 5.69 Å². The molecule has 7 heteroatoms. The highest BCUT2D eigenvalue weighted by Crippen LogP contribution is 2.28. The van der Waals surface area contributed by atoms with E-state index in [1.165, 1.54) is 6.07 Å². The lowest BCUT2D eigenvalue weighted by atomic mass is 10.1. The van der Waals surface area contributed by atoms with Gasteiger partial charge in [-0.25, -0.2) is 4.98 Å². The summed E-state index contributed by atoms with van der Waals surface area (Å²) in [5, 5.41) is 14.3. The molecule has 22 heavy (non-hydrogen) atoms. The van der Waals surface area contributed by atoms with Crippen LogP contribution in [0, 0.1) is 10.1 Å². The summed E-state index contributed by atoms with van der Waals surface area (Å²) >= 11 is 0. The summed E-state index contributed by atoms with van der Waals surface area (Å²) in [5.74, 6) is 1.02. The van der Waals surface area contributed by atoms with Crippen LogP contribution in [0.4, 0.5) is 17.3 Å². The zero-order valence-corrected chi connectivity index (χ0v) is 12.2. The second-order valence-electron chi connectivity index (χ2n) is 5.16. The number of hydrogen-bond donors (Lipinski definition) is 1. The molecule has 0 amide bonds. The van der Waals surface area contributed by atoms with Crippen molar-refractivity contribution >= 4 is 17.3 Å². The fraction of sp³-hybridized carbons (Fsp3) is 0.400. The maximum absolute atomic E-state index is 11.2. The van der Waals surface area contributed by atoms with Crippen molar-refractivity contribution < 1.29 is 9.66 Å². The van der Waals surface area contributed by atoms with Crippen molar-refractivity contribution in [3.63, 3.8) is 0 Å². The Morgan fingerprint density at radius 3 is 2.77 bits per heavy atom. The zero-order chi connectivity index (χ0) is 15.4. The first-order valence-corrected chi connectivity index (χ1v) is 7.36. The average molecular weight is 302 g/mol. The molecule has 0 bridgehead atoms. The first-order chi connectivity index (χ1) is 10.7. The van der Waals surface area contributed by atoms with Crippen molar-refractivity contribution in [2.45, 2.75) is 12.8 Å². The average Bonchev–Trinajstić information content (AvgIpc) is 2.56. The van der Waals surface area contributed by atoms with Crippen LogP contribution in [0.1, 0.15) is 12.8 Å². The van der Waals surface area contributed by atoms with Crippen LogP contribution in [-0.4, -0.2) is 36.2 Å². The van der Waals surface area contributed by atoms with Gasteiger partial charge in [-0.15, -0.1) is 0 Å². The standard InChI is InChI=1S/C15H18N4O3/c20-19(21)13-6-7-14(18-8-10-22-11-9-18)17-15(13)16-12-4-2-1-3-5-12/h2,4-7H,1,3,8-11H2,(H,16,17). The molecule has 7 nitrogen and oxygen atoms in total. The molecule has 1 N–H and O–H groups in total. The SMILES string of the molecule is O=[N+]([O-])c1ccc(N2CCOCC2)nc1NC1=CCCC=C1. The Bertz CT molecular complexity index is 621. The summed E-state index contributed by atoms with van der Waals surface area (Å²) in [6, 6.07) is 3.20. The lowest BCUT2D eigenvalue weighted by Gasteiger charge is -2.28. The van der Waals surface area contributed by atoms with Crippen molar-refractivity contribution in [1.29, 1.82) is 0 Å². The van der Waals surface area contributed by atoms with Gasteiger partial charge in [-0.2, -0.15) is 0 Å². The molecule has 116 valence electrons. The van der Waals surface area contributed by atoms with E-state index in [1.807, 2.05) is 18.2 Å². The van der Waals surface area contributed by atoms with Crippen LogP contribution in [0.2, 0.25) is 0 Å². The molecular formula is C15H18N4O3. The van der Waals surface area contributed by atoms with Crippen LogP contribution < -0.4 is 10.2 Å². The molecule has 3 rings (SSSR count). The fourth-order valence-electron chi connectivity index (χ4n) is 2.49. The Morgan fingerprint density at radius 2 is 2.09 bits per heavy atom. The number of aromatic nitrogens is 1. The number of morpholine rings is 1. The first kappa shape index (κ1) is 14.5. The Hall–Kier alpha value is -2.41.